The van der Waals surface area contributed by atoms with Crippen molar-refractivity contribution >= 4 is 0 Å². The van der Waals surface area contributed by atoms with Crippen LogP contribution in [0.5, 0.6) is 0 Å². The maximum atomic E-state index is 8.84. The summed E-state index contributed by atoms with van der Waals surface area (Å²) in [6.07, 6.45) is 2.12. The Morgan fingerprint density at radius 1 is 1.50 bits per heavy atom. The maximum Gasteiger partial charge on any atom is 0.229 e. The highest BCUT2D eigenvalue weighted by molar-refractivity contribution is 5.11. The topological polar surface area (TPSA) is 28.1 Å². The zero-order valence-corrected chi connectivity index (χ0v) is 7.20. The molecule has 5 atom stereocenters. The summed E-state index contributed by atoms with van der Waals surface area (Å²) < 4.78 is 0. The van der Waals surface area contributed by atoms with Crippen molar-refractivity contribution in [3.8, 4) is 6.07 Å². The van der Waals surface area contributed by atoms with Gasteiger partial charge in [0.1, 0.15) is 0 Å². The van der Waals surface area contributed by atoms with Crippen molar-refractivity contribution in [1.29, 1.82) is 5.26 Å². The Morgan fingerprint density at radius 3 is 2.75 bits per heavy atom. The van der Waals surface area contributed by atoms with Gasteiger partial charge in [-0.25, -0.2) is 6.57 Å². The zero-order valence-electron chi connectivity index (χ0n) is 7.20. The highest BCUT2D eigenvalue weighted by Crippen LogP contribution is 2.52. The van der Waals surface area contributed by atoms with Crippen LogP contribution in [0.2, 0.25) is 0 Å². The molecule has 0 aromatic heterocycles. The maximum absolute atomic E-state index is 8.84. The molecule has 2 aliphatic carbocycles. The average Bonchev–Trinajstić information content (AvgIpc) is 2.60. The van der Waals surface area contributed by atoms with Gasteiger partial charge in [-0.1, -0.05) is 6.92 Å². The van der Waals surface area contributed by atoms with Gasteiger partial charge in [0.05, 0.1) is 12.0 Å². The lowest BCUT2D eigenvalue weighted by Gasteiger charge is -2.22. The second kappa shape index (κ2) is 2.49. The van der Waals surface area contributed by atoms with Gasteiger partial charge in [0, 0.05) is 11.8 Å². The number of nitrogens with zero attached hydrogens (tertiary/aromatic N) is 2. The molecule has 0 saturated heterocycles. The SMILES string of the molecule is [C-]#[N+]C1C2CC(C#N)C(C2)C1C. The van der Waals surface area contributed by atoms with Crippen LogP contribution in [-0.4, -0.2) is 6.04 Å². The fraction of sp³-hybridized carbons (Fsp3) is 0.800. The minimum Gasteiger partial charge on any atom is -0.313 e. The molecule has 62 valence electrons. The molecule has 0 radical (unpaired) electrons. The number of fused-ring (bicyclic) bond motifs is 2. The summed E-state index contributed by atoms with van der Waals surface area (Å²) in [4.78, 5) is 3.66. The van der Waals surface area contributed by atoms with Crippen molar-refractivity contribution in [2.75, 3.05) is 0 Å². The van der Waals surface area contributed by atoms with Crippen LogP contribution in [0.25, 0.3) is 4.85 Å². The standard InChI is InChI=1S/C10H12N2/c1-6-9-4-7(10(6)12-2)3-8(9)5-11/h6-10H,3-4H2,1H3. The molecule has 0 heterocycles. The molecular formula is C10H12N2. The first-order valence-corrected chi connectivity index (χ1v) is 4.54. The van der Waals surface area contributed by atoms with Crippen molar-refractivity contribution in [3.63, 3.8) is 0 Å². The molecule has 2 fully saturated rings. The lowest BCUT2D eigenvalue weighted by atomic mass is 9.80. The van der Waals surface area contributed by atoms with Crippen LogP contribution in [-0.2, 0) is 0 Å². The monoisotopic (exact) mass is 160 g/mol. The molecule has 5 unspecified atom stereocenters. The van der Waals surface area contributed by atoms with E-state index in [2.05, 4.69) is 17.8 Å². The quantitative estimate of drug-likeness (QED) is 0.499. The molecule has 0 amide bonds. The molecule has 12 heavy (non-hydrogen) atoms. The number of hydrogen-bond acceptors (Lipinski definition) is 1. The summed E-state index contributed by atoms with van der Waals surface area (Å²) in [5, 5.41) is 8.84. The molecule has 0 N–H and O–H groups in total. The van der Waals surface area contributed by atoms with E-state index < -0.39 is 0 Å². The normalized spacial score (nSPS) is 50.1. The molecule has 2 heteroatoms. The van der Waals surface area contributed by atoms with Crippen molar-refractivity contribution in [3.05, 3.63) is 11.4 Å². The van der Waals surface area contributed by atoms with Crippen LogP contribution in [0.15, 0.2) is 0 Å². The summed E-state index contributed by atoms with van der Waals surface area (Å²) in [5.74, 6) is 1.78. The van der Waals surface area contributed by atoms with Gasteiger partial charge >= 0.3 is 0 Å². The summed E-state index contributed by atoms with van der Waals surface area (Å²) in [6, 6.07) is 2.59. The van der Waals surface area contributed by atoms with Crippen molar-refractivity contribution in [2.45, 2.75) is 25.8 Å². The largest absolute Gasteiger partial charge is 0.313 e. The fourth-order valence-corrected chi connectivity index (χ4v) is 3.02. The van der Waals surface area contributed by atoms with E-state index in [0.29, 0.717) is 17.8 Å². The highest BCUT2D eigenvalue weighted by Gasteiger charge is 2.54. The van der Waals surface area contributed by atoms with Gasteiger partial charge in [-0.05, 0) is 18.8 Å². The predicted molar refractivity (Wildman–Crippen MR) is 44.9 cm³/mol. The highest BCUT2D eigenvalue weighted by atomic mass is 14.8. The van der Waals surface area contributed by atoms with Crippen LogP contribution in [0.3, 0.4) is 0 Å². The van der Waals surface area contributed by atoms with E-state index >= 15 is 0 Å². The zero-order chi connectivity index (χ0) is 8.72. The minimum atomic E-state index is 0.222. The molecule has 0 aliphatic heterocycles. The lowest BCUT2D eigenvalue weighted by Crippen LogP contribution is -2.27. The molecule has 2 nitrogen and oxygen atoms in total. The molecule has 2 rings (SSSR count). The molecule has 0 aromatic rings. The third-order valence-corrected chi connectivity index (χ3v) is 3.66. The van der Waals surface area contributed by atoms with Crippen LogP contribution in [0, 0.1) is 41.6 Å². The Labute approximate surface area is 73.0 Å². The van der Waals surface area contributed by atoms with Gasteiger partial charge in [0.15, 0.2) is 0 Å². The molecule has 0 spiro atoms. The van der Waals surface area contributed by atoms with Crippen molar-refractivity contribution in [1.82, 2.24) is 0 Å². The molecule has 2 bridgehead atoms. The van der Waals surface area contributed by atoms with Crippen molar-refractivity contribution in [2.24, 2.45) is 23.7 Å². The Hall–Kier alpha value is -1.02. The Kier molecular flexibility index (Phi) is 1.58. The third kappa shape index (κ3) is 0.786. The van der Waals surface area contributed by atoms with Gasteiger partial charge in [-0.3, -0.25) is 0 Å². The second-order valence-electron chi connectivity index (χ2n) is 4.11. The van der Waals surface area contributed by atoms with E-state index in [1.807, 2.05) is 0 Å². The van der Waals surface area contributed by atoms with Gasteiger partial charge < -0.3 is 4.85 Å². The van der Waals surface area contributed by atoms with Crippen LogP contribution in [0.4, 0.5) is 0 Å². The number of rotatable bonds is 0. The first kappa shape index (κ1) is 7.62. The molecule has 0 aromatic carbocycles. The summed E-state index contributed by atoms with van der Waals surface area (Å²) >= 11 is 0. The lowest BCUT2D eigenvalue weighted by molar-refractivity contribution is 0.289. The smallest absolute Gasteiger partial charge is 0.229 e. The summed E-state index contributed by atoms with van der Waals surface area (Å²) in [5.41, 5.74) is 0. The van der Waals surface area contributed by atoms with Gasteiger partial charge in [0.2, 0.25) is 6.04 Å². The Balaban J connectivity index is 2.20. The fourth-order valence-electron chi connectivity index (χ4n) is 3.02. The van der Waals surface area contributed by atoms with E-state index in [9.17, 15) is 0 Å². The Morgan fingerprint density at radius 2 is 2.25 bits per heavy atom. The van der Waals surface area contributed by atoms with E-state index in [1.165, 1.54) is 0 Å². The number of hydrogen-bond donors (Lipinski definition) is 0. The first-order chi connectivity index (χ1) is 5.77. The van der Waals surface area contributed by atoms with E-state index in [-0.39, 0.29) is 12.0 Å². The third-order valence-electron chi connectivity index (χ3n) is 3.66. The van der Waals surface area contributed by atoms with E-state index in [0.717, 1.165) is 12.8 Å². The molecular weight excluding hydrogens is 148 g/mol. The Bertz CT molecular complexity index is 269. The second-order valence-corrected chi connectivity index (χ2v) is 4.11. The summed E-state index contributed by atoms with van der Waals surface area (Å²) in [7, 11) is 0. The van der Waals surface area contributed by atoms with Crippen molar-refractivity contribution < 1.29 is 0 Å². The van der Waals surface area contributed by atoms with E-state index in [1.54, 1.807) is 0 Å². The predicted octanol–water partition coefficient (Wildman–Crippen LogP) is 2.09. The first-order valence-electron chi connectivity index (χ1n) is 4.54. The van der Waals surface area contributed by atoms with E-state index in [4.69, 9.17) is 11.8 Å². The van der Waals surface area contributed by atoms with Gasteiger partial charge in [-0.15, -0.1) is 0 Å². The number of nitriles is 1. The average molecular weight is 160 g/mol. The van der Waals surface area contributed by atoms with Crippen LogP contribution >= 0.6 is 0 Å². The minimum absolute atomic E-state index is 0.222. The van der Waals surface area contributed by atoms with Gasteiger partial charge in [-0.2, -0.15) is 5.26 Å². The van der Waals surface area contributed by atoms with Crippen LogP contribution in [0.1, 0.15) is 19.8 Å². The van der Waals surface area contributed by atoms with Crippen LogP contribution < -0.4 is 0 Å². The molecule has 2 aliphatic rings. The summed E-state index contributed by atoms with van der Waals surface area (Å²) in [6.45, 7) is 9.19. The van der Waals surface area contributed by atoms with Gasteiger partial charge in [0.25, 0.3) is 0 Å². The molecule has 2 saturated carbocycles.